The third kappa shape index (κ3) is 6.34. The molecule has 0 aliphatic heterocycles. The predicted octanol–water partition coefficient (Wildman–Crippen LogP) is 5.73. The average Bonchev–Trinajstić information content (AvgIpc) is 2.75. The highest BCUT2D eigenvalue weighted by Gasteiger charge is 2.18. The van der Waals surface area contributed by atoms with E-state index in [9.17, 15) is 9.59 Å². The van der Waals surface area contributed by atoms with Crippen molar-refractivity contribution in [3.8, 4) is 0 Å². The molecule has 1 aliphatic carbocycles. The number of amides is 1. The van der Waals surface area contributed by atoms with E-state index in [2.05, 4.69) is 5.32 Å². The Hall–Kier alpha value is -2.82. The van der Waals surface area contributed by atoms with Crippen LogP contribution >= 0.6 is 0 Å². The summed E-state index contributed by atoms with van der Waals surface area (Å²) in [5, 5.41) is 2.84. The van der Waals surface area contributed by atoms with Crippen molar-refractivity contribution in [2.75, 3.05) is 11.9 Å². The maximum atomic E-state index is 12.4. The summed E-state index contributed by atoms with van der Waals surface area (Å²) in [6.07, 6.45) is 6.59. The number of esters is 1. The Morgan fingerprint density at radius 3 is 2.48 bits per heavy atom. The zero-order chi connectivity index (χ0) is 20.5. The van der Waals surface area contributed by atoms with Gasteiger partial charge in [0.2, 0.25) is 0 Å². The lowest BCUT2D eigenvalue weighted by Crippen LogP contribution is -2.17. The van der Waals surface area contributed by atoms with Gasteiger partial charge in [0.05, 0.1) is 12.2 Å². The predicted molar refractivity (Wildman–Crippen MR) is 113 cm³/mol. The summed E-state index contributed by atoms with van der Waals surface area (Å²) in [7, 11) is 0. The lowest BCUT2D eigenvalue weighted by molar-refractivity contribution is 0.0526. The molecule has 0 bridgehead atoms. The molecule has 0 saturated heterocycles. The first-order valence-electron chi connectivity index (χ1n) is 10.4. The van der Waals surface area contributed by atoms with Crippen molar-refractivity contribution in [3.63, 3.8) is 0 Å². The number of hydrogen-bond donors (Lipinski definition) is 1. The fraction of sp³-hybridized carbons (Fsp3) is 0.417. The molecule has 0 aromatic heterocycles. The Balaban J connectivity index is 1.71. The normalized spacial score (nSPS) is 14.2. The zero-order valence-electron chi connectivity index (χ0n) is 17.0. The molecule has 5 heteroatoms. The summed E-state index contributed by atoms with van der Waals surface area (Å²) < 4.78 is 10.5. The molecule has 0 atom stereocenters. The van der Waals surface area contributed by atoms with Gasteiger partial charge in [-0.1, -0.05) is 68.5 Å². The summed E-state index contributed by atoms with van der Waals surface area (Å²) in [5.74, 6) is 0.218. The molecule has 0 heterocycles. The largest absolute Gasteiger partial charge is 0.462 e. The van der Waals surface area contributed by atoms with Crippen LogP contribution in [0, 0.1) is 5.92 Å². The van der Waals surface area contributed by atoms with Crippen LogP contribution in [0.25, 0.3) is 0 Å². The van der Waals surface area contributed by atoms with Crippen molar-refractivity contribution >= 4 is 17.7 Å². The van der Waals surface area contributed by atoms with Gasteiger partial charge in [-0.2, -0.15) is 0 Å². The molecule has 154 valence electrons. The average molecular weight is 395 g/mol. The highest BCUT2D eigenvalue weighted by atomic mass is 16.5. The van der Waals surface area contributed by atoms with Crippen molar-refractivity contribution in [2.24, 2.45) is 5.92 Å². The summed E-state index contributed by atoms with van der Waals surface area (Å²) >= 11 is 0. The number of carbonyl (C=O) groups is 2. The van der Waals surface area contributed by atoms with Crippen molar-refractivity contribution in [2.45, 2.75) is 52.1 Å². The number of nitrogens with one attached hydrogen (secondary N) is 1. The van der Waals surface area contributed by atoms with Crippen molar-refractivity contribution in [3.05, 3.63) is 65.2 Å². The van der Waals surface area contributed by atoms with Crippen LogP contribution in [0.5, 0.6) is 0 Å². The van der Waals surface area contributed by atoms with Crippen LogP contribution in [-0.4, -0.2) is 18.7 Å². The molecule has 29 heavy (non-hydrogen) atoms. The van der Waals surface area contributed by atoms with E-state index in [1.165, 1.54) is 32.1 Å². The molecule has 5 nitrogen and oxygen atoms in total. The molecule has 1 amide bonds. The van der Waals surface area contributed by atoms with E-state index in [0.29, 0.717) is 23.8 Å². The molecule has 1 fully saturated rings. The summed E-state index contributed by atoms with van der Waals surface area (Å²) in [4.78, 5) is 24.5. The van der Waals surface area contributed by atoms with Gasteiger partial charge in [0.1, 0.15) is 6.61 Å². The van der Waals surface area contributed by atoms with Crippen LogP contribution in [-0.2, 0) is 22.5 Å². The highest BCUT2D eigenvalue weighted by Crippen LogP contribution is 2.30. The summed E-state index contributed by atoms with van der Waals surface area (Å²) in [6, 6.07) is 14.9. The minimum Gasteiger partial charge on any atom is -0.462 e. The van der Waals surface area contributed by atoms with E-state index in [0.717, 1.165) is 17.5 Å². The minimum atomic E-state index is -0.528. The van der Waals surface area contributed by atoms with Crippen LogP contribution in [0.2, 0.25) is 0 Å². The smallest absolute Gasteiger partial charge is 0.411 e. The fourth-order valence-electron chi connectivity index (χ4n) is 3.78. The first kappa shape index (κ1) is 20.9. The molecule has 0 unspecified atom stereocenters. The lowest BCUT2D eigenvalue weighted by Gasteiger charge is -2.23. The van der Waals surface area contributed by atoms with Gasteiger partial charge in [-0.05, 0) is 42.5 Å². The maximum absolute atomic E-state index is 12.4. The Morgan fingerprint density at radius 2 is 1.76 bits per heavy atom. The number of anilines is 1. The first-order valence-corrected chi connectivity index (χ1v) is 10.4. The number of benzene rings is 2. The zero-order valence-corrected chi connectivity index (χ0v) is 17.0. The van der Waals surface area contributed by atoms with Crippen LogP contribution in [0.4, 0.5) is 10.5 Å². The second-order valence-electron chi connectivity index (χ2n) is 7.49. The van der Waals surface area contributed by atoms with Crippen molar-refractivity contribution in [1.29, 1.82) is 0 Å². The van der Waals surface area contributed by atoms with Gasteiger partial charge in [-0.25, -0.2) is 9.59 Å². The molecule has 0 radical (unpaired) electrons. The second kappa shape index (κ2) is 10.6. The van der Waals surface area contributed by atoms with E-state index in [4.69, 9.17) is 9.47 Å². The molecule has 2 aromatic rings. The maximum Gasteiger partial charge on any atom is 0.411 e. The quantitative estimate of drug-likeness (QED) is 0.608. The van der Waals surface area contributed by atoms with Gasteiger partial charge >= 0.3 is 12.1 Å². The molecule has 1 N–H and O–H groups in total. The first-order chi connectivity index (χ1) is 14.2. The van der Waals surface area contributed by atoms with E-state index in [1.54, 1.807) is 19.1 Å². The van der Waals surface area contributed by atoms with Crippen LogP contribution < -0.4 is 5.32 Å². The van der Waals surface area contributed by atoms with E-state index >= 15 is 0 Å². The molecule has 2 aromatic carbocycles. The molecule has 1 saturated carbocycles. The number of rotatable bonds is 7. The highest BCUT2D eigenvalue weighted by molar-refractivity contribution is 5.93. The summed E-state index contributed by atoms with van der Waals surface area (Å²) in [5.41, 5.74) is 3.00. The Kier molecular flexibility index (Phi) is 7.68. The van der Waals surface area contributed by atoms with Gasteiger partial charge in [-0.3, -0.25) is 5.32 Å². The van der Waals surface area contributed by atoms with E-state index < -0.39 is 12.1 Å². The molecule has 0 spiro atoms. The Morgan fingerprint density at radius 1 is 1.00 bits per heavy atom. The molecular weight excluding hydrogens is 366 g/mol. The van der Waals surface area contributed by atoms with Crippen LogP contribution in [0.3, 0.4) is 0 Å². The van der Waals surface area contributed by atoms with Gasteiger partial charge in [0.25, 0.3) is 0 Å². The topological polar surface area (TPSA) is 64.6 Å². The molecule has 1 aliphatic rings. The molecular formula is C24H29NO4. The lowest BCUT2D eigenvalue weighted by atomic mass is 9.84. The number of ether oxygens (including phenoxy) is 2. The summed E-state index contributed by atoms with van der Waals surface area (Å²) in [6.45, 7) is 2.28. The standard InChI is InChI=1S/C24H29NO4/c1-2-28-23(26)21-14-13-20(15-18-9-5-3-6-10-18)22(16-21)25-24(27)29-17-19-11-7-4-8-12-19/h4,7-8,11-14,16,18H,2-3,5-6,9-10,15,17H2,1H3,(H,25,27). The van der Waals surface area contributed by atoms with E-state index in [-0.39, 0.29) is 6.61 Å². The molecule has 3 rings (SSSR count). The Labute approximate surface area is 172 Å². The monoisotopic (exact) mass is 395 g/mol. The van der Waals surface area contributed by atoms with Crippen molar-refractivity contribution < 1.29 is 19.1 Å². The number of carbonyl (C=O) groups excluding carboxylic acids is 2. The minimum absolute atomic E-state index is 0.197. The second-order valence-corrected chi connectivity index (χ2v) is 7.49. The van der Waals surface area contributed by atoms with Crippen LogP contribution in [0.15, 0.2) is 48.5 Å². The van der Waals surface area contributed by atoms with Crippen molar-refractivity contribution in [1.82, 2.24) is 0 Å². The third-order valence-electron chi connectivity index (χ3n) is 5.30. The fourth-order valence-corrected chi connectivity index (χ4v) is 3.78. The Bertz CT molecular complexity index is 813. The number of hydrogen-bond acceptors (Lipinski definition) is 4. The van der Waals surface area contributed by atoms with Crippen LogP contribution in [0.1, 0.15) is 60.5 Å². The third-order valence-corrected chi connectivity index (χ3v) is 5.30. The SMILES string of the molecule is CCOC(=O)c1ccc(CC2CCCCC2)c(NC(=O)OCc2ccccc2)c1. The van der Waals surface area contributed by atoms with Gasteiger partial charge in [0, 0.05) is 5.69 Å². The van der Waals surface area contributed by atoms with E-state index in [1.807, 2.05) is 36.4 Å². The van der Waals surface area contributed by atoms with Gasteiger partial charge < -0.3 is 9.47 Å². The van der Waals surface area contributed by atoms with Gasteiger partial charge in [0.15, 0.2) is 0 Å². The van der Waals surface area contributed by atoms with Gasteiger partial charge in [-0.15, -0.1) is 0 Å².